The van der Waals surface area contributed by atoms with Crippen molar-refractivity contribution >= 4 is 17.6 Å². The second-order valence-electron chi connectivity index (χ2n) is 5.19. The molecule has 0 bridgehead atoms. The molecule has 106 valence electrons. The van der Waals surface area contributed by atoms with Gasteiger partial charge in [-0.2, -0.15) is 5.10 Å². The maximum Gasteiger partial charge on any atom is 0.324 e. The average Bonchev–Trinajstić information content (AvgIpc) is 2.87. The normalized spacial score (nSPS) is 24.0. The number of hydrogen-bond donors (Lipinski definition) is 1. The quantitative estimate of drug-likeness (QED) is 0.921. The number of carboxylic acid groups (broad SMARTS) is 1. The maximum atomic E-state index is 11.6. The van der Waals surface area contributed by atoms with Crippen molar-refractivity contribution in [2.45, 2.75) is 45.2 Å². The van der Waals surface area contributed by atoms with Gasteiger partial charge in [-0.25, -0.2) is 0 Å². The van der Waals surface area contributed by atoms with Crippen LogP contribution in [0.1, 0.15) is 37.6 Å². The maximum absolute atomic E-state index is 11.6. The van der Waals surface area contributed by atoms with E-state index in [1.165, 1.54) is 0 Å². The Balaban J connectivity index is 2.29. The van der Waals surface area contributed by atoms with Gasteiger partial charge in [-0.05, 0) is 32.7 Å². The van der Waals surface area contributed by atoms with Gasteiger partial charge in [0.25, 0.3) is 0 Å². The van der Waals surface area contributed by atoms with E-state index in [1.54, 1.807) is 4.68 Å². The fourth-order valence-corrected chi connectivity index (χ4v) is 3.21. The molecule has 1 aliphatic heterocycles. The Labute approximate surface area is 118 Å². The highest BCUT2D eigenvalue weighted by atomic mass is 35.5. The molecule has 0 aromatic carbocycles. The summed E-state index contributed by atoms with van der Waals surface area (Å²) < 4.78 is 1.75. The van der Waals surface area contributed by atoms with E-state index in [2.05, 4.69) is 5.10 Å². The lowest BCUT2D eigenvalue weighted by Crippen LogP contribution is -2.49. The lowest BCUT2D eigenvalue weighted by molar-refractivity contribution is -0.150. The van der Waals surface area contributed by atoms with Gasteiger partial charge in [0.05, 0.1) is 16.4 Å². The number of aromatic nitrogens is 2. The van der Waals surface area contributed by atoms with E-state index in [1.807, 2.05) is 25.8 Å². The second kappa shape index (κ2) is 5.13. The Hall–Kier alpha value is -1.07. The van der Waals surface area contributed by atoms with Gasteiger partial charge in [0.15, 0.2) is 0 Å². The molecule has 1 fully saturated rings. The first-order valence-electron chi connectivity index (χ1n) is 6.58. The van der Waals surface area contributed by atoms with Gasteiger partial charge in [0, 0.05) is 13.6 Å². The van der Waals surface area contributed by atoms with Crippen molar-refractivity contribution in [1.29, 1.82) is 0 Å². The van der Waals surface area contributed by atoms with Crippen LogP contribution in [0.25, 0.3) is 0 Å². The summed E-state index contributed by atoms with van der Waals surface area (Å²) in [4.78, 5) is 13.7. The first-order chi connectivity index (χ1) is 8.92. The van der Waals surface area contributed by atoms with E-state index in [0.717, 1.165) is 24.4 Å². The predicted molar refractivity (Wildman–Crippen MR) is 73.3 cm³/mol. The van der Waals surface area contributed by atoms with E-state index in [0.29, 0.717) is 24.4 Å². The first-order valence-corrected chi connectivity index (χ1v) is 6.96. The summed E-state index contributed by atoms with van der Waals surface area (Å²) in [5.74, 6) is -0.734. The summed E-state index contributed by atoms with van der Waals surface area (Å²) in [5.41, 5.74) is 0.928. The van der Waals surface area contributed by atoms with Crippen LogP contribution in [-0.4, -0.2) is 37.8 Å². The number of halogens is 1. The average molecular weight is 286 g/mol. The fourth-order valence-electron chi connectivity index (χ4n) is 2.99. The number of nitrogens with zero attached hydrogens (tertiary/aromatic N) is 3. The highest BCUT2D eigenvalue weighted by Gasteiger charge is 2.46. The zero-order valence-electron chi connectivity index (χ0n) is 11.6. The zero-order valence-corrected chi connectivity index (χ0v) is 12.4. The van der Waals surface area contributed by atoms with Crippen molar-refractivity contribution in [3.05, 3.63) is 16.4 Å². The van der Waals surface area contributed by atoms with E-state index >= 15 is 0 Å². The van der Waals surface area contributed by atoms with Gasteiger partial charge in [-0.15, -0.1) is 0 Å². The van der Waals surface area contributed by atoms with Crippen molar-refractivity contribution in [2.75, 3.05) is 6.54 Å². The number of likely N-dealkylation sites (tertiary alicyclic amines) is 1. The van der Waals surface area contributed by atoms with Crippen LogP contribution in [0.4, 0.5) is 0 Å². The molecule has 0 spiro atoms. The molecule has 1 saturated heterocycles. The van der Waals surface area contributed by atoms with Crippen LogP contribution in [0.3, 0.4) is 0 Å². The molecule has 0 aliphatic carbocycles. The van der Waals surface area contributed by atoms with Crippen molar-refractivity contribution in [2.24, 2.45) is 7.05 Å². The molecule has 5 nitrogen and oxygen atoms in total. The summed E-state index contributed by atoms with van der Waals surface area (Å²) in [6, 6.07) is 0. The number of carboxylic acids is 1. The minimum absolute atomic E-state index is 0.538. The number of aliphatic carboxylic acids is 1. The lowest BCUT2D eigenvalue weighted by Gasteiger charge is -2.33. The minimum Gasteiger partial charge on any atom is -0.480 e. The molecule has 0 saturated carbocycles. The third-order valence-electron chi connectivity index (χ3n) is 4.21. The molecule has 1 N–H and O–H groups in total. The monoisotopic (exact) mass is 285 g/mol. The van der Waals surface area contributed by atoms with Crippen molar-refractivity contribution in [3.8, 4) is 0 Å². The zero-order chi connectivity index (χ0) is 14.2. The van der Waals surface area contributed by atoms with Crippen LogP contribution >= 0.6 is 11.6 Å². The van der Waals surface area contributed by atoms with Crippen molar-refractivity contribution in [1.82, 2.24) is 14.7 Å². The standard InChI is InChI=1S/C13H20ClN3O2/c1-4-13(12(18)19)6-5-7-17(13)8-10-11(14)9(2)15-16(10)3/h4-8H2,1-3H3,(H,18,19). The van der Waals surface area contributed by atoms with Gasteiger partial charge < -0.3 is 5.11 Å². The fraction of sp³-hybridized carbons (Fsp3) is 0.692. The SMILES string of the molecule is CCC1(C(=O)O)CCCN1Cc1c(Cl)c(C)nn1C. The summed E-state index contributed by atoms with van der Waals surface area (Å²) >= 11 is 6.25. The van der Waals surface area contributed by atoms with Crippen molar-refractivity contribution in [3.63, 3.8) is 0 Å². The van der Waals surface area contributed by atoms with Crippen molar-refractivity contribution < 1.29 is 9.90 Å². The molecule has 2 rings (SSSR count). The number of carbonyl (C=O) groups is 1. The number of rotatable bonds is 4. The molecule has 6 heteroatoms. The Morgan fingerprint density at radius 3 is 2.74 bits per heavy atom. The summed E-state index contributed by atoms with van der Waals surface area (Å²) in [6.07, 6.45) is 2.22. The van der Waals surface area contributed by atoms with E-state index in [-0.39, 0.29) is 0 Å². The minimum atomic E-state index is -0.749. The van der Waals surface area contributed by atoms with Crippen LogP contribution in [0.5, 0.6) is 0 Å². The molecule has 1 aromatic heterocycles. The Bertz CT molecular complexity index is 500. The highest BCUT2D eigenvalue weighted by Crippen LogP contribution is 2.35. The predicted octanol–water partition coefficient (Wildman–Crippen LogP) is 2.21. The lowest BCUT2D eigenvalue weighted by atomic mass is 9.93. The Morgan fingerprint density at radius 2 is 2.26 bits per heavy atom. The van der Waals surface area contributed by atoms with Crippen LogP contribution in [0, 0.1) is 6.92 Å². The molecule has 0 radical (unpaired) electrons. The smallest absolute Gasteiger partial charge is 0.324 e. The molecule has 1 aliphatic rings. The van der Waals surface area contributed by atoms with Crippen LogP contribution in [0.15, 0.2) is 0 Å². The number of aryl methyl sites for hydroxylation is 2. The Morgan fingerprint density at radius 1 is 1.58 bits per heavy atom. The van der Waals surface area contributed by atoms with Crippen LogP contribution in [-0.2, 0) is 18.4 Å². The third kappa shape index (κ3) is 2.25. The Kier molecular flexibility index (Phi) is 3.87. The molecular weight excluding hydrogens is 266 g/mol. The topological polar surface area (TPSA) is 58.4 Å². The molecule has 2 heterocycles. The molecule has 0 amide bonds. The van der Waals surface area contributed by atoms with E-state index in [9.17, 15) is 9.90 Å². The second-order valence-corrected chi connectivity index (χ2v) is 5.56. The van der Waals surface area contributed by atoms with Gasteiger partial charge in [-0.1, -0.05) is 18.5 Å². The third-order valence-corrected chi connectivity index (χ3v) is 4.70. The summed E-state index contributed by atoms with van der Waals surface area (Å²) in [5, 5.41) is 14.5. The largest absolute Gasteiger partial charge is 0.480 e. The molecule has 19 heavy (non-hydrogen) atoms. The van der Waals surface area contributed by atoms with Gasteiger partial charge in [0.1, 0.15) is 5.54 Å². The molecular formula is C13H20ClN3O2. The highest BCUT2D eigenvalue weighted by molar-refractivity contribution is 6.31. The number of hydrogen-bond acceptors (Lipinski definition) is 3. The van der Waals surface area contributed by atoms with Crippen LogP contribution < -0.4 is 0 Å². The summed E-state index contributed by atoms with van der Waals surface area (Å²) in [6.45, 7) is 5.12. The van der Waals surface area contributed by atoms with Gasteiger partial charge in [0.2, 0.25) is 0 Å². The van der Waals surface area contributed by atoms with E-state index < -0.39 is 11.5 Å². The first kappa shape index (κ1) is 14.3. The summed E-state index contributed by atoms with van der Waals surface area (Å²) in [7, 11) is 1.85. The molecule has 1 unspecified atom stereocenters. The van der Waals surface area contributed by atoms with E-state index in [4.69, 9.17) is 11.6 Å². The molecule has 1 aromatic rings. The van der Waals surface area contributed by atoms with Crippen LogP contribution in [0.2, 0.25) is 5.02 Å². The van der Waals surface area contributed by atoms with Gasteiger partial charge in [-0.3, -0.25) is 14.4 Å². The van der Waals surface area contributed by atoms with Gasteiger partial charge >= 0.3 is 5.97 Å². The molecule has 1 atom stereocenters.